The van der Waals surface area contributed by atoms with Gasteiger partial charge in [-0.1, -0.05) is 0 Å². The lowest BCUT2D eigenvalue weighted by Crippen LogP contribution is -2.53. The maximum atomic E-state index is 12.6. The van der Waals surface area contributed by atoms with Crippen molar-refractivity contribution in [1.29, 1.82) is 0 Å². The van der Waals surface area contributed by atoms with E-state index in [-0.39, 0.29) is 24.1 Å². The number of hydrogen-bond donors (Lipinski definition) is 2. The van der Waals surface area contributed by atoms with Crippen LogP contribution >= 0.6 is 0 Å². The molecule has 0 bridgehead atoms. The lowest BCUT2D eigenvalue weighted by atomic mass is 9.89. The van der Waals surface area contributed by atoms with Gasteiger partial charge in [0.1, 0.15) is 23.7 Å². The maximum absolute atomic E-state index is 12.6. The quantitative estimate of drug-likeness (QED) is 0.865. The van der Waals surface area contributed by atoms with Crippen LogP contribution in [-0.4, -0.2) is 44.0 Å². The fourth-order valence-corrected chi connectivity index (χ4v) is 3.17. The number of nitrogens with zero attached hydrogens (tertiary/aromatic N) is 3. The van der Waals surface area contributed by atoms with E-state index in [0.29, 0.717) is 11.4 Å². The van der Waals surface area contributed by atoms with E-state index in [4.69, 9.17) is 4.74 Å². The SMILES string of the molecule is CC(C)n1nccc1C(=O)N[C@@H]1CCC[C@@H](Oc2cccnc2)[C@@H]1O. The highest BCUT2D eigenvalue weighted by molar-refractivity contribution is 5.92. The second-order valence-electron chi connectivity index (χ2n) is 6.60. The van der Waals surface area contributed by atoms with Gasteiger partial charge in [0.25, 0.3) is 5.91 Å². The standard InChI is InChI=1S/C18H24N4O3/c1-12(2)22-15(8-10-20-22)18(24)21-14-6-3-7-16(17(14)23)25-13-5-4-9-19-11-13/h4-5,8-12,14,16-17,23H,3,6-7H2,1-2H3,(H,21,24)/t14-,16-,17-/m1/s1. The zero-order chi connectivity index (χ0) is 17.8. The third-order valence-corrected chi connectivity index (χ3v) is 4.43. The first-order valence-electron chi connectivity index (χ1n) is 8.65. The summed E-state index contributed by atoms with van der Waals surface area (Å²) < 4.78 is 7.53. The summed E-state index contributed by atoms with van der Waals surface area (Å²) in [6, 6.07) is 5.03. The Balaban J connectivity index is 1.66. The average Bonchev–Trinajstić information content (AvgIpc) is 3.09. The normalized spacial score (nSPS) is 23.4. The molecule has 3 atom stereocenters. The fraction of sp³-hybridized carbons (Fsp3) is 0.500. The van der Waals surface area contributed by atoms with Gasteiger partial charge in [-0.05, 0) is 51.3 Å². The van der Waals surface area contributed by atoms with Crippen molar-refractivity contribution in [2.75, 3.05) is 0 Å². The second kappa shape index (κ2) is 7.65. The van der Waals surface area contributed by atoms with E-state index < -0.39 is 6.10 Å². The van der Waals surface area contributed by atoms with Crippen LogP contribution in [0.3, 0.4) is 0 Å². The molecule has 3 rings (SSSR count). The number of amides is 1. The minimum atomic E-state index is -0.770. The van der Waals surface area contributed by atoms with Gasteiger partial charge < -0.3 is 15.2 Å². The number of rotatable bonds is 5. The van der Waals surface area contributed by atoms with E-state index in [9.17, 15) is 9.90 Å². The average molecular weight is 344 g/mol. The van der Waals surface area contributed by atoms with E-state index in [1.165, 1.54) is 0 Å². The van der Waals surface area contributed by atoms with Gasteiger partial charge >= 0.3 is 0 Å². The van der Waals surface area contributed by atoms with Crippen LogP contribution in [-0.2, 0) is 0 Å². The summed E-state index contributed by atoms with van der Waals surface area (Å²) in [6.07, 6.45) is 6.10. The van der Waals surface area contributed by atoms with Gasteiger partial charge in [-0.25, -0.2) is 0 Å². The number of hydrogen-bond acceptors (Lipinski definition) is 5. The summed E-state index contributed by atoms with van der Waals surface area (Å²) in [6.45, 7) is 3.94. The largest absolute Gasteiger partial charge is 0.486 e. The van der Waals surface area contributed by atoms with Crippen LogP contribution < -0.4 is 10.1 Å². The highest BCUT2D eigenvalue weighted by Crippen LogP contribution is 2.24. The summed E-state index contributed by atoms with van der Waals surface area (Å²) in [4.78, 5) is 16.6. The molecule has 2 aromatic heterocycles. The number of aliphatic hydroxyl groups excluding tert-OH is 1. The summed E-state index contributed by atoms with van der Waals surface area (Å²) in [5.74, 6) is 0.397. The van der Waals surface area contributed by atoms with E-state index in [2.05, 4.69) is 15.4 Å². The number of carbonyl (C=O) groups is 1. The third-order valence-electron chi connectivity index (χ3n) is 4.43. The van der Waals surface area contributed by atoms with Crippen molar-refractivity contribution in [2.24, 2.45) is 0 Å². The third kappa shape index (κ3) is 3.99. The molecule has 0 aliphatic heterocycles. The van der Waals surface area contributed by atoms with Gasteiger partial charge in [-0.3, -0.25) is 14.5 Å². The van der Waals surface area contributed by atoms with E-state index >= 15 is 0 Å². The first-order valence-corrected chi connectivity index (χ1v) is 8.65. The summed E-state index contributed by atoms with van der Waals surface area (Å²) in [7, 11) is 0. The lowest BCUT2D eigenvalue weighted by molar-refractivity contribution is -0.0143. The smallest absolute Gasteiger partial charge is 0.269 e. The molecule has 0 saturated heterocycles. The molecule has 1 amide bonds. The first kappa shape index (κ1) is 17.4. The van der Waals surface area contributed by atoms with E-state index in [0.717, 1.165) is 19.3 Å². The molecule has 2 heterocycles. The van der Waals surface area contributed by atoms with Gasteiger partial charge in [-0.15, -0.1) is 0 Å². The highest BCUT2D eigenvalue weighted by Gasteiger charge is 2.35. The number of carbonyl (C=O) groups excluding carboxylic acids is 1. The molecule has 1 aliphatic carbocycles. The van der Waals surface area contributed by atoms with Crippen molar-refractivity contribution in [3.63, 3.8) is 0 Å². The molecule has 1 aliphatic rings. The van der Waals surface area contributed by atoms with Crippen molar-refractivity contribution in [3.8, 4) is 5.75 Å². The molecule has 1 fully saturated rings. The van der Waals surface area contributed by atoms with Crippen molar-refractivity contribution in [3.05, 3.63) is 42.5 Å². The molecular weight excluding hydrogens is 320 g/mol. The van der Waals surface area contributed by atoms with Gasteiger partial charge in [-0.2, -0.15) is 5.10 Å². The molecule has 7 heteroatoms. The zero-order valence-electron chi connectivity index (χ0n) is 14.5. The zero-order valence-corrected chi connectivity index (χ0v) is 14.5. The molecule has 0 spiro atoms. The Labute approximate surface area is 147 Å². The molecule has 0 radical (unpaired) electrons. The fourth-order valence-electron chi connectivity index (χ4n) is 3.17. The van der Waals surface area contributed by atoms with Crippen molar-refractivity contribution in [2.45, 2.75) is 57.4 Å². The lowest BCUT2D eigenvalue weighted by Gasteiger charge is -2.35. The Morgan fingerprint density at radius 2 is 2.20 bits per heavy atom. The predicted octanol–water partition coefficient (Wildman–Crippen LogP) is 1.95. The Hall–Kier alpha value is -2.41. The van der Waals surface area contributed by atoms with Crippen LogP contribution in [0, 0.1) is 0 Å². The molecule has 134 valence electrons. The predicted molar refractivity (Wildman–Crippen MR) is 92.4 cm³/mol. The Bertz CT molecular complexity index is 701. The first-order chi connectivity index (χ1) is 12.1. The Morgan fingerprint density at radius 3 is 2.92 bits per heavy atom. The number of pyridine rings is 1. The second-order valence-corrected chi connectivity index (χ2v) is 6.60. The minimum absolute atomic E-state index is 0.0914. The van der Waals surface area contributed by atoms with Crippen LogP contribution in [0.15, 0.2) is 36.8 Å². The van der Waals surface area contributed by atoms with Crippen LogP contribution in [0.25, 0.3) is 0 Å². The van der Waals surface area contributed by atoms with Crippen LogP contribution in [0.4, 0.5) is 0 Å². The van der Waals surface area contributed by atoms with Crippen LogP contribution in [0.5, 0.6) is 5.75 Å². The summed E-state index contributed by atoms with van der Waals surface area (Å²) >= 11 is 0. The Morgan fingerprint density at radius 1 is 1.36 bits per heavy atom. The maximum Gasteiger partial charge on any atom is 0.269 e. The molecule has 0 aromatic carbocycles. The molecule has 2 aromatic rings. The topological polar surface area (TPSA) is 89.3 Å². The molecular formula is C18H24N4O3. The number of ether oxygens (including phenoxy) is 1. The molecule has 7 nitrogen and oxygen atoms in total. The Kier molecular flexibility index (Phi) is 5.33. The van der Waals surface area contributed by atoms with E-state index in [1.807, 2.05) is 19.9 Å². The van der Waals surface area contributed by atoms with Crippen LogP contribution in [0.1, 0.15) is 49.6 Å². The highest BCUT2D eigenvalue weighted by atomic mass is 16.5. The molecule has 2 N–H and O–H groups in total. The van der Waals surface area contributed by atoms with Gasteiger partial charge in [0.05, 0.1) is 12.2 Å². The van der Waals surface area contributed by atoms with Crippen LogP contribution in [0.2, 0.25) is 0 Å². The molecule has 0 unspecified atom stereocenters. The van der Waals surface area contributed by atoms with Crippen molar-refractivity contribution < 1.29 is 14.6 Å². The van der Waals surface area contributed by atoms with Crippen molar-refractivity contribution in [1.82, 2.24) is 20.1 Å². The molecule has 25 heavy (non-hydrogen) atoms. The monoisotopic (exact) mass is 344 g/mol. The number of nitrogens with one attached hydrogen (secondary N) is 1. The van der Waals surface area contributed by atoms with Gasteiger partial charge in [0.15, 0.2) is 0 Å². The minimum Gasteiger partial charge on any atom is -0.486 e. The van der Waals surface area contributed by atoms with Crippen molar-refractivity contribution >= 4 is 5.91 Å². The summed E-state index contributed by atoms with van der Waals surface area (Å²) in [5, 5.41) is 17.8. The number of aromatic nitrogens is 3. The van der Waals surface area contributed by atoms with Gasteiger partial charge in [0.2, 0.25) is 0 Å². The van der Waals surface area contributed by atoms with Gasteiger partial charge in [0, 0.05) is 18.4 Å². The number of aliphatic hydroxyl groups is 1. The summed E-state index contributed by atoms with van der Waals surface area (Å²) in [5.41, 5.74) is 0.498. The van der Waals surface area contributed by atoms with E-state index in [1.54, 1.807) is 35.4 Å². The molecule has 1 saturated carbocycles.